The van der Waals surface area contributed by atoms with Crippen LogP contribution in [0.3, 0.4) is 0 Å². The Labute approximate surface area is 152 Å². The predicted octanol–water partition coefficient (Wildman–Crippen LogP) is 2.93. The molecule has 0 atom stereocenters. The molecule has 7 nitrogen and oxygen atoms in total. The molecule has 0 spiro atoms. The SMILES string of the molecule is COc1cccc(NC(=O)c2nnn(Cc3cccc(Br)c3)c2N)c1. The first kappa shape index (κ1) is 17.0. The fraction of sp³-hybridized carbons (Fsp3) is 0.118. The van der Waals surface area contributed by atoms with Gasteiger partial charge in [-0.25, -0.2) is 4.68 Å². The number of carbonyl (C=O) groups is 1. The van der Waals surface area contributed by atoms with Gasteiger partial charge in [-0.15, -0.1) is 5.10 Å². The Morgan fingerprint density at radius 3 is 2.84 bits per heavy atom. The molecule has 3 rings (SSSR count). The minimum absolute atomic E-state index is 0.0813. The quantitative estimate of drug-likeness (QED) is 0.684. The van der Waals surface area contributed by atoms with Gasteiger partial charge in [0.1, 0.15) is 5.75 Å². The lowest BCUT2D eigenvalue weighted by Crippen LogP contribution is -2.15. The number of carbonyl (C=O) groups excluding carboxylic acids is 1. The van der Waals surface area contributed by atoms with Crippen LogP contribution in [0, 0.1) is 0 Å². The number of aromatic nitrogens is 3. The smallest absolute Gasteiger partial charge is 0.280 e. The number of halogens is 1. The Kier molecular flexibility index (Phi) is 4.99. The second-order valence-corrected chi connectivity index (χ2v) is 6.21. The zero-order chi connectivity index (χ0) is 17.8. The van der Waals surface area contributed by atoms with Crippen LogP contribution >= 0.6 is 15.9 Å². The molecule has 0 aliphatic carbocycles. The summed E-state index contributed by atoms with van der Waals surface area (Å²) in [5.74, 6) is 0.427. The minimum Gasteiger partial charge on any atom is -0.497 e. The normalized spacial score (nSPS) is 10.5. The molecule has 0 unspecified atom stereocenters. The minimum atomic E-state index is -0.425. The van der Waals surface area contributed by atoms with Crippen LogP contribution in [0.25, 0.3) is 0 Å². The van der Waals surface area contributed by atoms with Crippen LogP contribution in [0.4, 0.5) is 11.5 Å². The van der Waals surface area contributed by atoms with Gasteiger partial charge in [-0.1, -0.05) is 39.3 Å². The van der Waals surface area contributed by atoms with Gasteiger partial charge in [0.25, 0.3) is 5.91 Å². The monoisotopic (exact) mass is 401 g/mol. The summed E-state index contributed by atoms with van der Waals surface area (Å²) in [4.78, 5) is 12.4. The molecule has 1 aromatic heterocycles. The topological polar surface area (TPSA) is 95.1 Å². The number of nitrogens with zero attached hydrogens (tertiary/aromatic N) is 3. The maximum atomic E-state index is 12.4. The summed E-state index contributed by atoms with van der Waals surface area (Å²) in [6.07, 6.45) is 0. The highest BCUT2D eigenvalue weighted by Gasteiger charge is 2.18. The van der Waals surface area contributed by atoms with Crippen molar-refractivity contribution >= 4 is 33.3 Å². The molecule has 3 aromatic rings. The molecule has 2 aromatic carbocycles. The summed E-state index contributed by atoms with van der Waals surface area (Å²) in [7, 11) is 1.56. The highest BCUT2D eigenvalue weighted by Crippen LogP contribution is 2.19. The molecular formula is C17H16BrN5O2. The number of rotatable bonds is 5. The van der Waals surface area contributed by atoms with E-state index in [9.17, 15) is 4.79 Å². The summed E-state index contributed by atoms with van der Waals surface area (Å²) in [5.41, 5.74) is 7.70. The number of amides is 1. The van der Waals surface area contributed by atoms with Gasteiger partial charge >= 0.3 is 0 Å². The van der Waals surface area contributed by atoms with Gasteiger partial charge in [0.15, 0.2) is 11.5 Å². The van der Waals surface area contributed by atoms with E-state index in [4.69, 9.17) is 10.5 Å². The number of hydrogen-bond donors (Lipinski definition) is 2. The van der Waals surface area contributed by atoms with Gasteiger partial charge in [-0.05, 0) is 29.8 Å². The lowest BCUT2D eigenvalue weighted by Gasteiger charge is -2.06. The average Bonchev–Trinajstić information content (AvgIpc) is 2.96. The van der Waals surface area contributed by atoms with Crippen LogP contribution in [0.15, 0.2) is 53.0 Å². The van der Waals surface area contributed by atoms with Gasteiger partial charge < -0.3 is 15.8 Å². The summed E-state index contributed by atoms with van der Waals surface area (Å²) < 4.78 is 7.58. The second-order valence-electron chi connectivity index (χ2n) is 5.30. The Hall–Kier alpha value is -2.87. The van der Waals surface area contributed by atoms with Crippen molar-refractivity contribution in [2.45, 2.75) is 6.54 Å². The van der Waals surface area contributed by atoms with Crippen LogP contribution in [0.2, 0.25) is 0 Å². The van der Waals surface area contributed by atoms with E-state index in [-0.39, 0.29) is 11.5 Å². The number of nitrogen functional groups attached to an aromatic ring is 1. The van der Waals surface area contributed by atoms with Gasteiger partial charge in [0.05, 0.1) is 13.7 Å². The first-order valence-corrected chi connectivity index (χ1v) is 8.25. The van der Waals surface area contributed by atoms with Crippen molar-refractivity contribution < 1.29 is 9.53 Å². The summed E-state index contributed by atoms with van der Waals surface area (Å²) >= 11 is 3.42. The van der Waals surface area contributed by atoms with Crippen molar-refractivity contribution in [1.29, 1.82) is 0 Å². The van der Waals surface area contributed by atoms with Crippen LogP contribution in [-0.2, 0) is 6.54 Å². The molecule has 0 aliphatic rings. The molecule has 1 heterocycles. The Balaban J connectivity index is 1.76. The zero-order valence-corrected chi connectivity index (χ0v) is 15.0. The number of methoxy groups -OCH3 is 1. The third kappa shape index (κ3) is 3.97. The van der Waals surface area contributed by atoms with E-state index in [2.05, 4.69) is 31.6 Å². The summed E-state index contributed by atoms with van der Waals surface area (Å²) in [6, 6.07) is 14.8. The van der Waals surface area contributed by atoms with E-state index < -0.39 is 5.91 Å². The van der Waals surface area contributed by atoms with E-state index in [0.717, 1.165) is 10.0 Å². The van der Waals surface area contributed by atoms with Crippen LogP contribution in [-0.4, -0.2) is 28.0 Å². The standard InChI is InChI=1S/C17H16BrN5O2/c1-25-14-7-3-6-13(9-14)20-17(24)15-16(19)23(22-21-15)10-11-4-2-5-12(18)8-11/h2-9H,10,19H2,1H3,(H,20,24). The molecule has 1 amide bonds. The molecule has 0 saturated heterocycles. The molecule has 0 bridgehead atoms. The number of nitrogens with one attached hydrogen (secondary N) is 1. The second kappa shape index (κ2) is 7.35. The fourth-order valence-corrected chi connectivity index (χ4v) is 2.74. The Morgan fingerprint density at radius 2 is 2.08 bits per heavy atom. The van der Waals surface area contributed by atoms with Gasteiger partial charge in [-0.3, -0.25) is 4.79 Å². The van der Waals surface area contributed by atoms with Gasteiger partial charge in [0, 0.05) is 16.2 Å². The summed E-state index contributed by atoms with van der Waals surface area (Å²) in [5, 5.41) is 10.6. The van der Waals surface area contributed by atoms with E-state index in [0.29, 0.717) is 18.0 Å². The van der Waals surface area contributed by atoms with E-state index in [1.54, 1.807) is 31.4 Å². The molecule has 128 valence electrons. The van der Waals surface area contributed by atoms with E-state index >= 15 is 0 Å². The van der Waals surface area contributed by atoms with Crippen LogP contribution < -0.4 is 15.8 Å². The molecule has 0 fully saturated rings. The highest BCUT2D eigenvalue weighted by atomic mass is 79.9. The first-order chi connectivity index (χ1) is 12.1. The molecule has 0 radical (unpaired) electrons. The van der Waals surface area contributed by atoms with Gasteiger partial charge in [-0.2, -0.15) is 0 Å². The zero-order valence-electron chi connectivity index (χ0n) is 13.4. The van der Waals surface area contributed by atoms with Crippen molar-refractivity contribution in [2.75, 3.05) is 18.2 Å². The van der Waals surface area contributed by atoms with Crippen molar-refractivity contribution in [2.24, 2.45) is 0 Å². The predicted molar refractivity (Wildman–Crippen MR) is 98.6 cm³/mol. The highest BCUT2D eigenvalue weighted by molar-refractivity contribution is 9.10. The molecular weight excluding hydrogens is 386 g/mol. The maximum Gasteiger partial charge on any atom is 0.280 e. The Morgan fingerprint density at radius 1 is 1.28 bits per heavy atom. The number of anilines is 2. The summed E-state index contributed by atoms with van der Waals surface area (Å²) in [6.45, 7) is 0.421. The molecule has 0 saturated carbocycles. The van der Waals surface area contributed by atoms with Crippen molar-refractivity contribution in [3.63, 3.8) is 0 Å². The number of ether oxygens (including phenoxy) is 1. The number of hydrogen-bond acceptors (Lipinski definition) is 5. The first-order valence-electron chi connectivity index (χ1n) is 7.45. The fourth-order valence-electron chi connectivity index (χ4n) is 2.30. The molecule has 25 heavy (non-hydrogen) atoms. The maximum absolute atomic E-state index is 12.4. The number of benzene rings is 2. The Bertz CT molecular complexity index is 910. The van der Waals surface area contributed by atoms with Crippen molar-refractivity contribution in [3.05, 3.63) is 64.3 Å². The lowest BCUT2D eigenvalue weighted by atomic mass is 10.2. The lowest BCUT2D eigenvalue weighted by molar-refractivity contribution is 0.102. The van der Waals surface area contributed by atoms with E-state index in [1.807, 2.05) is 24.3 Å². The molecule has 0 aliphatic heterocycles. The number of nitrogens with two attached hydrogens (primary N) is 1. The molecule has 8 heteroatoms. The molecule has 3 N–H and O–H groups in total. The van der Waals surface area contributed by atoms with Crippen LogP contribution in [0.5, 0.6) is 5.75 Å². The third-order valence-corrected chi connectivity index (χ3v) is 4.03. The van der Waals surface area contributed by atoms with E-state index in [1.165, 1.54) is 4.68 Å². The van der Waals surface area contributed by atoms with Crippen molar-refractivity contribution in [3.8, 4) is 5.75 Å². The van der Waals surface area contributed by atoms with Crippen LogP contribution in [0.1, 0.15) is 16.1 Å². The largest absolute Gasteiger partial charge is 0.497 e. The van der Waals surface area contributed by atoms with Gasteiger partial charge in [0.2, 0.25) is 0 Å². The average molecular weight is 402 g/mol. The third-order valence-electron chi connectivity index (χ3n) is 3.54. The van der Waals surface area contributed by atoms with Crippen molar-refractivity contribution in [1.82, 2.24) is 15.0 Å².